The van der Waals surface area contributed by atoms with Crippen LogP contribution in [0.5, 0.6) is 5.75 Å². The van der Waals surface area contributed by atoms with Crippen LogP contribution >= 0.6 is 0 Å². The minimum absolute atomic E-state index is 0.0489. The zero-order chi connectivity index (χ0) is 24.2. The molecule has 1 aliphatic carbocycles. The molecule has 2 aromatic rings. The number of fused-ring (bicyclic) bond motifs is 4. The van der Waals surface area contributed by atoms with Crippen molar-refractivity contribution in [1.29, 1.82) is 0 Å². The normalized spacial score (nSPS) is 26.8. The Labute approximate surface area is 201 Å². The number of carbonyl (C=O) groups excluding carboxylic acids is 1. The molecule has 0 saturated carbocycles. The predicted octanol–water partition coefficient (Wildman–Crippen LogP) is 5.56. The lowest BCUT2D eigenvalue weighted by molar-refractivity contribution is -0.0349. The van der Waals surface area contributed by atoms with Crippen molar-refractivity contribution >= 4 is 6.09 Å². The van der Waals surface area contributed by atoms with E-state index in [1.165, 1.54) is 0 Å². The van der Waals surface area contributed by atoms with Crippen LogP contribution in [-0.4, -0.2) is 43.8 Å². The van der Waals surface area contributed by atoms with Gasteiger partial charge in [0.15, 0.2) is 0 Å². The first-order valence-corrected chi connectivity index (χ1v) is 12.3. The van der Waals surface area contributed by atoms with Gasteiger partial charge in [-0.1, -0.05) is 13.8 Å². The van der Waals surface area contributed by atoms with Gasteiger partial charge in [-0.25, -0.2) is 9.18 Å². The molecule has 2 atom stereocenters. The number of ether oxygens (including phenoxy) is 2. The summed E-state index contributed by atoms with van der Waals surface area (Å²) in [7, 11) is 1.65. The van der Waals surface area contributed by atoms with Crippen molar-refractivity contribution in [2.75, 3.05) is 26.7 Å². The van der Waals surface area contributed by atoms with E-state index in [9.17, 15) is 4.79 Å². The Morgan fingerprint density at radius 1 is 1.12 bits per heavy atom. The molecule has 1 amide bonds. The molecule has 34 heavy (non-hydrogen) atoms. The van der Waals surface area contributed by atoms with E-state index in [2.05, 4.69) is 24.1 Å². The number of alkyl carbamates (subject to hydrolysis) is 1. The number of aryl methyl sites for hydroxylation is 2. The van der Waals surface area contributed by atoms with Gasteiger partial charge in [-0.2, -0.15) is 0 Å². The second-order valence-electron chi connectivity index (χ2n) is 11.0. The first-order valence-electron chi connectivity index (χ1n) is 12.3. The Bertz CT molecular complexity index is 1100. The first kappa shape index (κ1) is 23.2. The van der Waals surface area contributed by atoms with Gasteiger partial charge in [-0.3, -0.25) is 4.90 Å². The molecule has 0 spiro atoms. The first-order chi connectivity index (χ1) is 16.2. The third kappa shape index (κ3) is 4.06. The van der Waals surface area contributed by atoms with Gasteiger partial charge < -0.3 is 14.8 Å². The summed E-state index contributed by atoms with van der Waals surface area (Å²) in [6.07, 6.45) is 2.50. The zero-order valence-corrected chi connectivity index (χ0v) is 20.8. The van der Waals surface area contributed by atoms with Gasteiger partial charge in [0, 0.05) is 12.1 Å². The van der Waals surface area contributed by atoms with Crippen LogP contribution in [0.15, 0.2) is 24.3 Å². The summed E-state index contributed by atoms with van der Waals surface area (Å²) in [5, 5.41) is 3.09. The average molecular weight is 467 g/mol. The number of nitrogens with zero attached hydrogens (tertiary/aromatic N) is 1. The second kappa shape index (κ2) is 8.56. The summed E-state index contributed by atoms with van der Waals surface area (Å²) in [6.45, 7) is 11.2. The minimum Gasteiger partial charge on any atom is -0.496 e. The molecule has 182 valence electrons. The van der Waals surface area contributed by atoms with Crippen molar-refractivity contribution in [2.45, 2.75) is 59.1 Å². The van der Waals surface area contributed by atoms with E-state index in [0.29, 0.717) is 11.5 Å². The van der Waals surface area contributed by atoms with Crippen LogP contribution in [0.25, 0.3) is 11.1 Å². The van der Waals surface area contributed by atoms with Crippen molar-refractivity contribution in [3.63, 3.8) is 0 Å². The van der Waals surface area contributed by atoms with Crippen molar-refractivity contribution in [3.8, 4) is 16.9 Å². The fourth-order valence-electron chi connectivity index (χ4n) is 6.32. The maximum absolute atomic E-state index is 15.4. The van der Waals surface area contributed by atoms with Crippen LogP contribution in [0.2, 0.25) is 0 Å². The number of benzene rings is 2. The number of halogens is 1. The van der Waals surface area contributed by atoms with E-state index >= 15 is 4.39 Å². The van der Waals surface area contributed by atoms with Crippen molar-refractivity contribution in [1.82, 2.24) is 10.2 Å². The summed E-state index contributed by atoms with van der Waals surface area (Å²) < 4.78 is 26.8. The summed E-state index contributed by atoms with van der Waals surface area (Å²) in [5.74, 6) is 1.01. The average Bonchev–Trinajstić information content (AvgIpc) is 3.02. The molecule has 0 aromatic heterocycles. The molecule has 3 fully saturated rings. The Kier molecular flexibility index (Phi) is 5.83. The van der Waals surface area contributed by atoms with Gasteiger partial charge >= 0.3 is 6.09 Å². The van der Waals surface area contributed by atoms with Crippen LogP contribution in [0.3, 0.4) is 0 Å². The molecule has 2 aromatic carbocycles. The van der Waals surface area contributed by atoms with Gasteiger partial charge in [0.25, 0.3) is 0 Å². The molecule has 4 aliphatic rings. The fourth-order valence-corrected chi connectivity index (χ4v) is 6.32. The standard InChI is InChI=1S/C28H35FN2O3/c1-16-10-19(11-17(2)25(16)33-5)21-12-20-14-28(3,4)26(22(20)13-23(21)29)30-27(32)34-24-15-31-8-6-18(24)7-9-31/h10-13,18,24,26H,6-9,14-15H2,1-5H3,(H,30,32)/t24-,26?/m1/s1. The second-order valence-corrected chi connectivity index (χ2v) is 11.0. The Morgan fingerprint density at radius 2 is 1.79 bits per heavy atom. The molecule has 3 aliphatic heterocycles. The van der Waals surface area contributed by atoms with Gasteiger partial charge in [0.05, 0.1) is 13.2 Å². The summed E-state index contributed by atoms with van der Waals surface area (Å²) in [4.78, 5) is 15.3. The van der Waals surface area contributed by atoms with Crippen LogP contribution in [0.4, 0.5) is 9.18 Å². The number of nitrogens with one attached hydrogen (secondary N) is 1. The lowest BCUT2D eigenvalue weighted by Crippen LogP contribution is -2.53. The number of piperidine rings is 3. The highest BCUT2D eigenvalue weighted by Crippen LogP contribution is 2.47. The Morgan fingerprint density at radius 3 is 2.38 bits per heavy atom. The largest absolute Gasteiger partial charge is 0.496 e. The quantitative estimate of drug-likeness (QED) is 0.641. The molecule has 1 N–H and O–H groups in total. The highest BCUT2D eigenvalue weighted by molar-refractivity contribution is 5.72. The number of rotatable bonds is 4. The third-order valence-electron chi connectivity index (χ3n) is 8.06. The van der Waals surface area contributed by atoms with E-state index in [1.54, 1.807) is 13.2 Å². The smallest absolute Gasteiger partial charge is 0.407 e. The molecule has 0 radical (unpaired) electrons. The number of methoxy groups -OCH3 is 1. The molecule has 6 rings (SSSR count). The van der Waals surface area contributed by atoms with Gasteiger partial charge in [0.1, 0.15) is 17.7 Å². The lowest BCUT2D eigenvalue weighted by Gasteiger charge is -2.44. The Hall–Kier alpha value is -2.60. The molecule has 2 bridgehead atoms. The predicted molar refractivity (Wildman–Crippen MR) is 131 cm³/mol. The van der Waals surface area contributed by atoms with Crippen LogP contribution in [0.1, 0.15) is 55.0 Å². The molecule has 3 heterocycles. The third-order valence-corrected chi connectivity index (χ3v) is 8.06. The molecule has 5 nitrogen and oxygen atoms in total. The van der Waals surface area contributed by atoms with Gasteiger partial charge in [-0.05, 0) is 110 Å². The maximum atomic E-state index is 15.4. The highest BCUT2D eigenvalue weighted by Gasteiger charge is 2.42. The zero-order valence-electron chi connectivity index (χ0n) is 20.8. The minimum atomic E-state index is -0.393. The van der Waals surface area contributed by atoms with Crippen molar-refractivity contribution < 1.29 is 18.7 Å². The van der Waals surface area contributed by atoms with Crippen molar-refractivity contribution in [2.24, 2.45) is 11.3 Å². The van der Waals surface area contributed by atoms with Crippen LogP contribution in [0, 0.1) is 31.0 Å². The maximum Gasteiger partial charge on any atom is 0.407 e. The number of hydrogen-bond donors (Lipinski definition) is 1. The van der Waals surface area contributed by atoms with E-state index in [1.807, 2.05) is 32.0 Å². The van der Waals surface area contributed by atoms with Crippen LogP contribution in [-0.2, 0) is 11.2 Å². The number of hydrogen-bond acceptors (Lipinski definition) is 4. The van der Waals surface area contributed by atoms with Gasteiger partial charge in [-0.15, -0.1) is 0 Å². The van der Waals surface area contributed by atoms with E-state index in [-0.39, 0.29) is 23.4 Å². The fraction of sp³-hybridized carbons (Fsp3) is 0.536. The Balaban J connectivity index is 1.39. The topological polar surface area (TPSA) is 50.8 Å². The van der Waals surface area contributed by atoms with Crippen LogP contribution < -0.4 is 10.1 Å². The summed E-state index contributed by atoms with van der Waals surface area (Å²) in [6, 6.07) is 7.20. The molecule has 1 unspecified atom stereocenters. The molecule has 3 saturated heterocycles. The highest BCUT2D eigenvalue weighted by atomic mass is 19.1. The number of amides is 1. The van der Waals surface area contributed by atoms with Crippen molar-refractivity contribution in [3.05, 3.63) is 52.3 Å². The molecule has 6 heteroatoms. The summed E-state index contributed by atoms with van der Waals surface area (Å²) in [5.41, 5.74) is 5.05. The van der Waals surface area contributed by atoms with Gasteiger partial charge in [0.2, 0.25) is 0 Å². The van der Waals surface area contributed by atoms with E-state index in [0.717, 1.165) is 72.5 Å². The SMILES string of the molecule is COc1c(C)cc(-c2cc3c(cc2F)C(NC(=O)O[C@@H]2CN4CCC2CC4)C(C)(C)C3)cc1C. The summed E-state index contributed by atoms with van der Waals surface area (Å²) >= 11 is 0. The van der Waals surface area contributed by atoms with E-state index < -0.39 is 6.09 Å². The van der Waals surface area contributed by atoms with E-state index in [4.69, 9.17) is 9.47 Å². The monoisotopic (exact) mass is 466 g/mol. The number of carbonyl (C=O) groups is 1. The molecular weight excluding hydrogens is 431 g/mol. The molecular formula is C28H35FN2O3. The lowest BCUT2D eigenvalue weighted by atomic mass is 9.85.